The molecule has 0 spiro atoms. The standard InChI is InChI=1S/C24H20ClF2NO2/c25-16-10-19(26)23(20(27)11-16)15-8-17-18-12-28-7-6-21(18)30-24(17)22(9-15)29-13-14-4-2-1-3-5-14/h1-5,8-11,18,21,28H,6-7,12-13H2. The Morgan fingerprint density at radius 2 is 1.83 bits per heavy atom. The minimum absolute atomic E-state index is 0.0235. The van der Waals surface area contributed by atoms with Crippen molar-refractivity contribution in [3.63, 3.8) is 0 Å². The summed E-state index contributed by atoms with van der Waals surface area (Å²) < 4.78 is 41.6. The Hall–Kier alpha value is -2.63. The second-order valence-electron chi connectivity index (χ2n) is 7.67. The van der Waals surface area contributed by atoms with Gasteiger partial charge in [-0.3, -0.25) is 0 Å². The van der Waals surface area contributed by atoms with Crippen molar-refractivity contribution < 1.29 is 18.3 Å². The van der Waals surface area contributed by atoms with Crippen LogP contribution in [0.2, 0.25) is 5.02 Å². The fourth-order valence-corrected chi connectivity index (χ4v) is 4.46. The van der Waals surface area contributed by atoms with E-state index in [0.717, 1.165) is 42.8 Å². The molecule has 0 amide bonds. The molecule has 2 aliphatic rings. The number of hydrogen-bond donors (Lipinski definition) is 1. The lowest BCUT2D eigenvalue weighted by Gasteiger charge is -2.24. The summed E-state index contributed by atoms with van der Waals surface area (Å²) in [6, 6.07) is 15.5. The van der Waals surface area contributed by atoms with Crippen LogP contribution < -0.4 is 14.8 Å². The van der Waals surface area contributed by atoms with Crippen molar-refractivity contribution in [1.29, 1.82) is 0 Å². The van der Waals surface area contributed by atoms with Crippen LogP contribution in [0.3, 0.4) is 0 Å². The van der Waals surface area contributed by atoms with Crippen molar-refractivity contribution in [2.45, 2.75) is 25.0 Å². The molecule has 0 aromatic heterocycles. The van der Waals surface area contributed by atoms with Crippen LogP contribution in [0.25, 0.3) is 11.1 Å². The Bertz CT molecular complexity index is 1070. The molecule has 6 heteroatoms. The average molecular weight is 428 g/mol. The molecule has 0 saturated carbocycles. The molecule has 154 valence electrons. The van der Waals surface area contributed by atoms with Gasteiger partial charge in [0.05, 0.1) is 5.56 Å². The first-order valence-electron chi connectivity index (χ1n) is 9.97. The van der Waals surface area contributed by atoms with E-state index in [4.69, 9.17) is 21.1 Å². The molecule has 2 aliphatic heterocycles. The zero-order valence-electron chi connectivity index (χ0n) is 16.1. The quantitative estimate of drug-likeness (QED) is 0.579. The summed E-state index contributed by atoms with van der Waals surface area (Å²) in [4.78, 5) is 0. The summed E-state index contributed by atoms with van der Waals surface area (Å²) >= 11 is 5.81. The third kappa shape index (κ3) is 3.53. The smallest absolute Gasteiger partial charge is 0.165 e. The highest BCUT2D eigenvalue weighted by molar-refractivity contribution is 6.30. The second kappa shape index (κ2) is 7.89. The van der Waals surface area contributed by atoms with Crippen molar-refractivity contribution in [3.05, 3.63) is 82.4 Å². The predicted molar refractivity (Wildman–Crippen MR) is 112 cm³/mol. The molecule has 0 bridgehead atoms. The lowest BCUT2D eigenvalue weighted by Crippen LogP contribution is -2.37. The van der Waals surface area contributed by atoms with E-state index in [1.54, 1.807) is 6.07 Å². The number of nitrogens with one attached hydrogen (secondary N) is 1. The van der Waals surface area contributed by atoms with Gasteiger partial charge in [-0.1, -0.05) is 41.9 Å². The maximum absolute atomic E-state index is 14.7. The van der Waals surface area contributed by atoms with Crippen LogP contribution in [-0.4, -0.2) is 19.2 Å². The molecule has 3 aromatic rings. The summed E-state index contributed by atoms with van der Waals surface area (Å²) in [5, 5.41) is 3.40. The van der Waals surface area contributed by atoms with Gasteiger partial charge < -0.3 is 14.8 Å². The minimum Gasteiger partial charge on any atom is -0.485 e. The molecule has 30 heavy (non-hydrogen) atoms. The number of piperidine rings is 1. The van der Waals surface area contributed by atoms with Gasteiger partial charge in [0.1, 0.15) is 24.3 Å². The van der Waals surface area contributed by atoms with E-state index in [1.165, 1.54) is 0 Å². The number of benzene rings is 3. The first-order valence-corrected chi connectivity index (χ1v) is 10.3. The summed E-state index contributed by atoms with van der Waals surface area (Å²) in [6.07, 6.45) is 0.909. The molecule has 5 rings (SSSR count). The maximum Gasteiger partial charge on any atom is 0.165 e. The lowest BCUT2D eigenvalue weighted by atomic mass is 9.89. The summed E-state index contributed by atoms with van der Waals surface area (Å²) in [7, 11) is 0. The van der Waals surface area contributed by atoms with Gasteiger partial charge in [0, 0.05) is 23.0 Å². The van der Waals surface area contributed by atoms with Crippen LogP contribution in [0.1, 0.15) is 23.5 Å². The van der Waals surface area contributed by atoms with Crippen LogP contribution in [-0.2, 0) is 6.61 Å². The molecule has 1 fully saturated rings. The molecule has 2 atom stereocenters. The Morgan fingerprint density at radius 1 is 1.07 bits per heavy atom. The van der Waals surface area contributed by atoms with Crippen LogP contribution in [0.4, 0.5) is 8.78 Å². The fourth-order valence-electron chi connectivity index (χ4n) is 4.27. The first-order chi connectivity index (χ1) is 14.6. The number of hydrogen-bond acceptors (Lipinski definition) is 3. The summed E-state index contributed by atoms with van der Waals surface area (Å²) in [5.74, 6) is -0.124. The first kappa shape index (κ1) is 19.3. The molecule has 1 saturated heterocycles. The SMILES string of the molecule is Fc1cc(Cl)cc(F)c1-c1cc(OCc2ccccc2)c2c(c1)C1CNCCC1O2. The predicted octanol–water partition coefficient (Wildman–Crippen LogP) is 5.70. The van der Waals surface area contributed by atoms with Crippen LogP contribution in [0.5, 0.6) is 11.5 Å². The van der Waals surface area contributed by atoms with E-state index >= 15 is 0 Å². The van der Waals surface area contributed by atoms with E-state index in [2.05, 4.69) is 5.32 Å². The molecular weight excluding hydrogens is 408 g/mol. The van der Waals surface area contributed by atoms with E-state index in [-0.39, 0.29) is 22.6 Å². The molecular formula is C24H20ClF2NO2. The van der Waals surface area contributed by atoms with Gasteiger partial charge in [-0.05, 0) is 48.4 Å². The van der Waals surface area contributed by atoms with Crippen molar-refractivity contribution in [2.24, 2.45) is 0 Å². The van der Waals surface area contributed by atoms with Gasteiger partial charge in [-0.2, -0.15) is 0 Å². The van der Waals surface area contributed by atoms with Crippen molar-refractivity contribution in [2.75, 3.05) is 13.1 Å². The van der Waals surface area contributed by atoms with Crippen molar-refractivity contribution >= 4 is 11.6 Å². The van der Waals surface area contributed by atoms with E-state index in [9.17, 15) is 8.78 Å². The summed E-state index contributed by atoms with van der Waals surface area (Å²) in [6.45, 7) is 1.97. The minimum atomic E-state index is -0.703. The molecule has 1 N–H and O–H groups in total. The largest absolute Gasteiger partial charge is 0.485 e. The molecule has 2 unspecified atom stereocenters. The highest BCUT2D eigenvalue weighted by atomic mass is 35.5. The molecule has 0 radical (unpaired) electrons. The molecule has 2 heterocycles. The van der Waals surface area contributed by atoms with Crippen molar-refractivity contribution in [1.82, 2.24) is 5.32 Å². The van der Waals surface area contributed by atoms with Gasteiger partial charge in [0.2, 0.25) is 0 Å². The number of ether oxygens (including phenoxy) is 2. The fraction of sp³-hybridized carbons (Fsp3) is 0.250. The van der Waals surface area contributed by atoms with E-state index in [1.807, 2.05) is 36.4 Å². The van der Waals surface area contributed by atoms with E-state index < -0.39 is 11.6 Å². The zero-order chi connectivity index (χ0) is 20.7. The van der Waals surface area contributed by atoms with Gasteiger partial charge in [0.15, 0.2) is 11.5 Å². The zero-order valence-corrected chi connectivity index (χ0v) is 16.9. The molecule has 0 aliphatic carbocycles. The molecule has 3 nitrogen and oxygen atoms in total. The van der Waals surface area contributed by atoms with Gasteiger partial charge in [-0.15, -0.1) is 0 Å². The Morgan fingerprint density at radius 3 is 2.60 bits per heavy atom. The number of fused-ring (bicyclic) bond motifs is 3. The van der Waals surface area contributed by atoms with Gasteiger partial charge in [0.25, 0.3) is 0 Å². The van der Waals surface area contributed by atoms with Crippen LogP contribution in [0, 0.1) is 11.6 Å². The topological polar surface area (TPSA) is 30.5 Å². The Labute approximate surface area is 178 Å². The van der Waals surface area contributed by atoms with Gasteiger partial charge in [-0.25, -0.2) is 8.78 Å². The normalized spacial score (nSPS) is 19.7. The third-order valence-electron chi connectivity index (χ3n) is 5.70. The summed E-state index contributed by atoms with van der Waals surface area (Å²) in [5.41, 5.74) is 2.22. The van der Waals surface area contributed by atoms with Crippen molar-refractivity contribution in [3.8, 4) is 22.6 Å². The highest BCUT2D eigenvalue weighted by Gasteiger charge is 2.38. The lowest BCUT2D eigenvalue weighted by molar-refractivity contribution is 0.165. The third-order valence-corrected chi connectivity index (χ3v) is 5.92. The Balaban J connectivity index is 1.59. The monoisotopic (exact) mass is 427 g/mol. The Kier molecular flexibility index (Phi) is 5.09. The second-order valence-corrected chi connectivity index (χ2v) is 8.10. The number of halogens is 3. The highest BCUT2D eigenvalue weighted by Crippen LogP contribution is 2.49. The molecule has 3 aromatic carbocycles. The van der Waals surface area contributed by atoms with Gasteiger partial charge >= 0.3 is 0 Å². The van der Waals surface area contributed by atoms with E-state index in [0.29, 0.717) is 23.7 Å². The maximum atomic E-state index is 14.7. The van der Waals surface area contributed by atoms with Crippen LogP contribution >= 0.6 is 11.6 Å². The van der Waals surface area contributed by atoms with Crippen LogP contribution in [0.15, 0.2) is 54.6 Å². The average Bonchev–Trinajstić information content (AvgIpc) is 3.11. The number of rotatable bonds is 4.